The number of anilines is 1. The van der Waals surface area contributed by atoms with Gasteiger partial charge in [0.15, 0.2) is 11.5 Å². The molecule has 0 bridgehead atoms. The minimum absolute atomic E-state index is 0.111. The molecule has 1 atom stereocenters. The van der Waals surface area contributed by atoms with Crippen molar-refractivity contribution in [3.8, 4) is 11.5 Å². The highest BCUT2D eigenvalue weighted by Crippen LogP contribution is 2.69. The van der Waals surface area contributed by atoms with Gasteiger partial charge in [0.05, 0.1) is 17.0 Å². The molecule has 5 rings (SSSR count). The van der Waals surface area contributed by atoms with E-state index in [-0.39, 0.29) is 53.0 Å². The number of sulfonamides is 1. The maximum absolute atomic E-state index is 13.9. The number of nitrogens with zero attached hydrogens (tertiary/aromatic N) is 2. The zero-order valence-electron chi connectivity index (χ0n) is 21.1. The first kappa shape index (κ1) is 25.2. The highest BCUT2D eigenvalue weighted by Gasteiger charge is 2.69. The molecule has 1 saturated carbocycles. The number of benzene rings is 2. The van der Waals surface area contributed by atoms with Crippen molar-refractivity contribution in [2.75, 3.05) is 11.7 Å². The van der Waals surface area contributed by atoms with E-state index in [1.807, 2.05) is 33.8 Å². The molecule has 2 aliphatic heterocycles. The van der Waals surface area contributed by atoms with E-state index in [0.717, 1.165) is 10.5 Å². The van der Waals surface area contributed by atoms with Crippen molar-refractivity contribution in [2.24, 2.45) is 21.9 Å². The minimum atomic E-state index is -3.93. The highest BCUT2D eigenvalue weighted by molar-refractivity contribution is 7.89. The van der Waals surface area contributed by atoms with Gasteiger partial charge in [-0.3, -0.25) is 14.4 Å². The van der Waals surface area contributed by atoms with Crippen molar-refractivity contribution in [2.45, 2.75) is 51.6 Å². The first-order valence-electron chi connectivity index (χ1n) is 11.9. The fourth-order valence-corrected chi connectivity index (χ4v) is 5.99. The molecule has 3 aliphatic rings. The van der Waals surface area contributed by atoms with E-state index in [1.165, 1.54) is 29.2 Å². The van der Waals surface area contributed by atoms with E-state index in [4.69, 9.17) is 14.6 Å². The number of primary sulfonamides is 1. The van der Waals surface area contributed by atoms with Gasteiger partial charge in [-0.05, 0) is 52.8 Å². The van der Waals surface area contributed by atoms with Crippen molar-refractivity contribution in [3.63, 3.8) is 0 Å². The second kappa shape index (κ2) is 8.29. The van der Waals surface area contributed by atoms with Crippen LogP contribution in [0.2, 0.25) is 0 Å². The molecule has 1 saturated heterocycles. The zero-order valence-corrected chi connectivity index (χ0v) is 21.9. The van der Waals surface area contributed by atoms with E-state index in [1.54, 1.807) is 12.1 Å². The topological polar surface area (TPSA) is 136 Å². The first-order valence-corrected chi connectivity index (χ1v) is 13.5. The van der Waals surface area contributed by atoms with E-state index in [9.17, 15) is 22.8 Å². The summed E-state index contributed by atoms with van der Waals surface area (Å²) in [6, 6.07) is 9.53. The number of imide groups is 1. The SMILES string of the molecule is CC1(C)C(C(=O)N(Cc2ccc3c(c2)OCO3)C2CC(=O)N(c3ccc(S(N)(=O)=O)cc3)C2=O)C1(C)C. The molecule has 1 unspecified atom stereocenters. The predicted molar refractivity (Wildman–Crippen MR) is 133 cm³/mol. The summed E-state index contributed by atoms with van der Waals surface area (Å²) in [7, 11) is -3.93. The third-order valence-electron chi connectivity index (χ3n) is 8.26. The van der Waals surface area contributed by atoms with Crippen molar-refractivity contribution < 1.29 is 32.3 Å². The van der Waals surface area contributed by atoms with Gasteiger partial charge in [-0.25, -0.2) is 18.5 Å². The Kier molecular flexibility index (Phi) is 5.65. The largest absolute Gasteiger partial charge is 0.454 e. The van der Waals surface area contributed by atoms with Gasteiger partial charge in [0.2, 0.25) is 28.6 Å². The predicted octanol–water partition coefficient (Wildman–Crippen LogP) is 2.41. The van der Waals surface area contributed by atoms with E-state index < -0.39 is 27.9 Å². The zero-order chi connectivity index (χ0) is 26.9. The Bertz CT molecular complexity index is 1400. The molecule has 2 fully saturated rings. The smallest absolute Gasteiger partial charge is 0.257 e. The molecule has 37 heavy (non-hydrogen) atoms. The lowest BCUT2D eigenvalue weighted by atomic mass is 10.0. The molecule has 196 valence electrons. The summed E-state index contributed by atoms with van der Waals surface area (Å²) in [4.78, 5) is 42.9. The molecule has 2 N–H and O–H groups in total. The molecular formula is C26H29N3O7S. The quantitative estimate of drug-likeness (QED) is 0.570. The number of hydrogen-bond acceptors (Lipinski definition) is 7. The number of ether oxygens (including phenoxy) is 2. The van der Waals surface area contributed by atoms with E-state index in [2.05, 4.69) is 0 Å². The summed E-state index contributed by atoms with van der Waals surface area (Å²) in [6.07, 6.45) is -0.181. The summed E-state index contributed by atoms with van der Waals surface area (Å²) in [5.41, 5.74) is 0.413. The summed E-state index contributed by atoms with van der Waals surface area (Å²) >= 11 is 0. The second-order valence-electron chi connectivity index (χ2n) is 10.9. The molecule has 0 spiro atoms. The minimum Gasteiger partial charge on any atom is -0.454 e. The lowest BCUT2D eigenvalue weighted by Crippen LogP contribution is -2.46. The molecule has 2 aromatic carbocycles. The van der Waals surface area contributed by atoms with E-state index >= 15 is 0 Å². The second-order valence-corrected chi connectivity index (χ2v) is 12.4. The molecule has 0 radical (unpaired) electrons. The average Bonchev–Trinajstić information content (AvgIpc) is 3.18. The third kappa shape index (κ3) is 4.06. The Hall–Kier alpha value is -3.44. The summed E-state index contributed by atoms with van der Waals surface area (Å²) in [5, 5.41) is 5.16. The molecular weight excluding hydrogens is 498 g/mol. The number of rotatable bonds is 6. The van der Waals surface area contributed by atoms with Crippen LogP contribution in [0.25, 0.3) is 0 Å². The molecule has 11 heteroatoms. The third-order valence-corrected chi connectivity index (χ3v) is 9.19. The Balaban J connectivity index is 1.47. The lowest BCUT2D eigenvalue weighted by molar-refractivity contribution is -0.141. The number of carbonyl (C=O) groups is 3. The Labute approximate surface area is 215 Å². The van der Waals surface area contributed by atoms with Crippen LogP contribution in [0.4, 0.5) is 5.69 Å². The number of carbonyl (C=O) groups excluding carboxylic acids is 3. The summed E-state index contributed by atoms with van der Waals surface area (Å²) in [5.74, 6) is -0.366. The van der Waals surface area contributed by atoms with Gasteiger partial charge in [-0.1, -0.05) is 33.8 Å². The van der Waals surface area contributed by atoms with Crippen LogP contribution >= 0.6 is 0 Å². The van der Waals surface area contributed by atoms with Crippen LogP contribution in [0.3, 0.4) is 0 Å². The fraction of sp³-hybridized carbons (Fsp3) is 0.423. The van der Waals surface area contributed by atoms with Gasteiger partial charge in [0.25, 0.3) is 5.91 Å². The normalized spacial score (nSPS) is 21.9. The summed E-state index contributed by atoms with van der Waals surface area (Å²) in [6.45, 7) is 8.32. The van der Waals surface area contributed by atoms with Crippen molar-refractivity contribution >= 4 is 33.4 Å². The Morgan fingerprint density at radius 2 is 1.65 bits per heavy atom. The average molecular weight is 528 g/mol. The van der Waals surface area contributed by atoms with E-state index in [0.29, 0.717) is 11.5 Å². The van der Waals surface area contributed by atoms with Crippen molar-refractivity contribution in [1.29, 1.82) is 0 Å². The maximum Gasteiger partial charge on any atom is 0.257 e. The van der Waals surface area contributed by atoms with Gasteiger partial charge in [-0.15, -0.1) is 0 Å². The van der Waals surface area contributed by atoms with Crippen LogP contribution in [-0.2, 0) is 31.0 Å². The molecule has 3 amide bonds. The Morgan fingerprint density at radius 1 is 1.03 bits per heavy atom. The van der Waals surface area contributed by atoms with Crippen LogP contribution < -0.4 is 19.5 Å². The molecule has 1 aliphatic carbocycles. The van der Waals surface area contributed by atoms with Gasteiger partial charge >= 0.3 is 0 Å². The van der Waals surface area contributed by atoms with Crippen LogP contribution in [-0.4, -0.2) is 43.9 Å². The van der Waals surface area contributed by atoms with Gasteiger partial charge in [-0.2, -0.15) is 0 Å². The van der Waals surface area contributed by atoms with Crippen LogP contribution in [0, 0.1) is 16.7 Å². The van der Waals surface area contributed by atoms with Gasteiger partial charge in [0, 0.05) is 12.5 Å². The van der Waals surface area contributed by atoms with Crippen molar-refractivity contribution in [1.82, 2.24) is 4.90 Å². The van der Waals surface area contributed by atoms with Gasteiger partial charge < -0.3 is 14.4 Å². The van der Waals surface area contributed by atoms with Crippen molar-refractivity contribution in [3.05, 3.63) is 48.0 Å². The maximum atomic E-state index is 13.9. The first-order chi connectivity index (χ1) is 17.2. The Morgan fingerprint density at radius 3 is 2.24 bits per heavy atom. The molecule has 2 aromatic rings. The number of fused-ring (bicyclic) bond motifs is 1. The number of nitrogens with two attached hydrogens (primary N) is 1. The number of amides is 3. The molecule has 2 heterocycles. The van der Waals surface area contributed by atoms with Gasteiger partial charge in [0.1, 0.15) is 6.04 Å². The fourth-order valence-electron chi connectivity index (χ4n) is 5.47. The standard InChI is InChI=1S/C26H29N3O7S/c1-25(2)22(26(25,3)4)24(32)28(13-15-5-10-19-20(11-15)36-14-35-19)18-12-21(30)29(23(18)31)16-6-8-17(9-7-16)37(27,33)34/h5-11,18,22H,12-14H2,1-4H3,(H2,27,33,34). The van der Waals surface area contributed by atoms with Crippen LogP contribution in [0.15, 0.2) is 47.4 Å². The lowest BCUT2D eigenvalue weighted by Gasteiger charge is -2.29. The van der Waals surface area contributed by atoms with Crippen LogP contribution in [0.1, 0.15) is 39.7 Å². The molecule has 0 aromatic heterocycles. The molecule has 10 nitrogen and oxygen atoms in total. The highest BCUT2D eigenvalue weighted by atomic mass is 32.2. The number of hydrogen-bond donors (Lipinski definition) is 1. The van der Waals surface area contributed by atoms with Crippen LogP contribution in [0.5, 0.6) is 11.5 Å². The summed E-state index contributed by atoms with van der Waals surface area (Å²) < 4.78 is 34.0. The monoisotopic (exact) mass is 527 g/mol.